The van der Waals surface area contributed by atoms with E-state index in [1.807, 2.05) is 0 Å². The maximum atomic E-state index is 12.5. The topological polar surface area (TPSA) is 43.4 Å². The average Bonchev–Trinajstić information content (AvgIpc) is 2.83. The SMILES string of the molecule is CC(=O)O[C@H]1CC[C@H]2[C@@H]3CC[C@@H]4C(=O)CCC[C@]4(C)[C@H]3CC[C@]12C. The molecule has 4 saturated carbocycles. The molecular weight excluding hydrogens is 300 g/mol. The van der Waals surface area contributed by atoms with Crippen molar-refractivity contribution >= 4 is 11.8 Å². The molecule has 0 heterocycles. The highest BCUT2D eigenvalue weighted by molar-refractivity contribution is 5.82. The van der Waals surface area contributed by atoms with Gasteiger partial charge in [-0.05, 0) is 74.5 Å². The lowest BCUT2D eigenvalue weighted by Gasteiger charge is -2.59. The minimum absolute atomic E-state index is 0.111. The van der Waals surface area contributed by atoms with Crippen molar-refractivity contribution in [2.45, 2.75) is 84.7 Å². The Morgan fingerprint density at radius 3 is 2.50 bits per heavy atom. The molecule has 0 radical (unpaired) electrons. The summed E-state index contributed by atoms with van der Waals surface area (Å²) in [6, 6.07) is 0. The maximum Gasteiger partial charge on any atom is 0.302 e. The van der Waals surface area contributed by atoms with Crippen LogP contribution in [-0.2, 0) is 14.3 Å². The fourth-order valence-electron chi connectivity index (χ4n) is 7.51. The zero-order chi connectivity index (χ0) is 17.1. The number of carbonyl (C=O) groups is 2. The fraction of sp³-hybridized carbons (Fsp3) is 0.905. The number of esters is 1. The minimum Gasteiger partial charge on any atom is -0.462 e. The number of ether oxygens (including phenoxy) is 1. The van der Waals surface area contributed by atoms with Gasteiger partial charge < -0.3 is 4.74 Å². The van der Waals surface area contributed by atoms with E-state index < -0.39 is 0 Å². The van der Waals surface area contributed by atoms with Crippen LogP contribution in [0.25, 0.3) is 0 Å². The summed E-state index contributed by atoms with van der Waals surface area (Å²) in [6.07, 6.45) is 10.2. The zero-order valence-electron chi connectivity index (χ0n) is 15.5. The van der Waals surface area contributed by atoms with Crippen molar-refractivity contribution in [3.63, 3.8) is 0 Å². The molecular formula is C21H32O3. The van der Waals surface area contributed by atoms with Crippen LogP contribution in [0, 0.1) is 34.5 Å². The molecule has 0 N–H and O–H groups in total. The predicted octanol–water partition coefficient (Wildman–Crippen LogP) is 4.53. The van der Waals surface area contributed by atoms with Crippen LogP contribution in [0.4, 0.5) is 0 Å². The molecule has 4 fully saturated rings. The average molecular weight is 332 g/mol. The Labute approximate surface area is 145 Å². The van der Waals surface area contributed by atoms with Crippen molar-refractivity contribution in [2.24, 2.45) is 34.5 Å². The fourth-order valence-corrected chi connectivity index (χ4v) is 7.51. The molecule has 24 heavy (non-hydrogen) atoms. The molecule has 0 aliphatic heterocycles. The van der Waals surface area contributed by atoms with Crippen molar-refractivity contribution in [1.29, 1.82) is 0 Å². The first-order chi connectivity index (χ1) is 11.4. The van der Waals surface area contributed by atoms with Gasteiger partial charge in [-0.25, -0.2) is 0 Å². The Kier molecular flexibility index (Phi) is 3.85. The minimum atomic E-state index is -0.127. The molecule has 0 saturated heterocycles. The van der Waals surface area contributed by atoms with Crippen LogP contribution in [0.2, 0.25) is 0 Å². The van der Waals surface area contributed by atoms with Crippen molar-refractivity contribution in [3.8, 4) is 0 Å². The van der Waals surface area contributed by atoms with Gasteiger partial charge in [0.15, 0.2) is 0 Å². The molecule has 0 amide bonds. The van der Waals surface area contributed by atoms with E-state index in [9.17, 15) is 9.59 Å². The predicted molar refractivity (Wildman–Crippen MR) is 92.3 cm³/mol. The van der Waals surface area contributed by atoms with Gasteiger partial charge in [-0.15, -0.1) is 0 Å². The molecule has 134 valence electrons. The van der Waals surface area contributed by atoms with Crippen molar-refractivity contribution in [2.75, 3.05) is 0 Å². The summed E-state index contributed by atoms with van der Waals surface area (Å²) >= 11 is 0. The summed E-state index contributed by atoms with van der Waals surface area (Å²) in [7, 11) is 0. The van der Waals surface area contributed by atoms with Gasteiger partial charge in [-0.1, -0.05) is 13.8 Å². The molecule has 0 bridgehead atoms. The lowest BCUT2D eigenvalue weighted by molar-refractivity contribution is -0.164. The van der Waals surface area contributed by atoms with Gasteiger partial charge in [0.05, 0.1) is 0 Å². The first-order valence-electron chi connectivity index (χ1n) is 10.1. The summed E-state index contributed by atoms with van der Waals surface area (Å²) in [5.74, 6) is 2.85. The summed E-state index contributed by atoms with van der Waals surface area (Å²) in [5, 5.41) is 0. The van der Waals surface area contributed by atoms with E-state index in [-0.39, 0.29) is 22.9 Å². The standard InChI is InChI=1S/C21H32O3/c1-13(22)24-19-9-8-15-14-6-7-17-18(23)5-4-11-20(17,2)16(14)10-12-21(15,19)3/h14-17,19H,4-12H2,1-3H3/t14-,15-,16-,17+,19-,20+,21-/m0/s1. The Morgan fingerprint density at radius 1 is 1.00 bits per heavy atom. The second-order valence-electron chi connectivity index (χ2n) is 9.55. The molecule has 0 aromatic carbocycles. The first kappa shape index (κ1) is 16.6. The molecule has 0 spiro atoms. The lowest BCUT2D eigenvalue weighted by Crippen LogP contribution is -2.55. The van der Waals surface area contributed by atoms with E-state index in [0.717, 1.165) is 38.0 Å². The zero-order valence-corrected chi connectivity index (χ0v) is 15.5. The van der Waals surface area contributed by atoms with Gasteiger partial charge in [0, 0.05) is 24.7 Å². The van der Waals surface area contributed by atoms with Gasteiger partial charge in [-0.2, -0.15) is 0 Å². The number of carbonyl (C=O) groups excluding carboxylic acids is 2. The quantitative estimate of drug-likeness (QED) is 0.663. The second kappa shape index (κ2) is 5.57. The third-order valence-corrected chi connectivity index (χ3v) is 8.62. The van der Waals surface area contributed by atoms with E-state index in [4.69, 9.17) is 4.74 Å². The van der Waals surface area contributed by atoms with E-state index in [2.05, 4.69) is 13.8 Å². The molecule has 0 unspecified atom stereocenters. The van der Waals surface area contributed by atoms with Gasteiger partial charge in [0.25, 0.3) is 0 Å². The third-order valence-electron chi connectivity index (χ3n) is 8.62. The molecule has 7 atom stereocenters. The largest absolute Gasteiger partial charge is 0.462 e. The van der Waals surface area contributed by atoms with E-state index in [1.54, 1.807) is 6.92 Å². The highest BCUT2D eigenvalue weighted by Crippen LogP contribution is 2.66. The molecule has 3 heteroatoms. The monoisotopic (exact) mass is 332 g/mol. The molecule has 0 aromatic heterocycles. The van der Waals surface area contributed by atoms with Gasteiger partial charge in [0.2, 0.25) is 0 Å². The van der Waals surface area contributed by atoms with Crippen molar-refractivity contribution in [1.82, 2.24) is 0 Å². The van der Waals surface area contributed by atoms with Crippen molar-refractivity contribution in [3.05, 3.63) is 0 Å². The number of hydrogen-bond acceptors (Lipinski definition) is 3. The van der Waals surface area contributed by atoms with Crippen LogP contribution < -0.4 is 0 Å². The Balaban J connectivity index is 1.60. The number of ketones is 1. The molecule has 3 nitrogen and oxygen atoms in total. The molecule has 0 aromatic rings. The second-order valence-corrected chi connectivity index (χ2v) is 9.55. The first-order valence-corrected chi connectivity index (χ1v) is 10.1. The van der Waals surface area contributed by atoms with Gasteiger partial charge in [-0.3, -0.25) is 9.59 Å². The van der Waals surface area contributed by atoms with Crippen LogP contribution in [-0.4, -0.2) is 17.9 Å². The number of Topliss-reactive ketones (excluding diaryl/α,β-unsaturated/α-hetero) is 1. The highest BCUT2D eigenvalue weighted by Gasteiger charge is 2.61. The number of fused-ring (bicyclic) bond motifs is 5. The molecule has 4 aliphatic carbocycles. The summed E-state index contributed by atoms with van der Waals surface area (Å²) in [5.41, 5.74) is 0.397. The van der Waals surface area contributed by atoms with Gasteiger partial charge >= 0.3 is 5.97 Å². The van der Waals surface area contributed by atoms with Crippen LogP contribution in [0.15, 0.2) is 0 Å². The smallest absolute Gasteiger partial charge is 0.302 e. The summed E-state index contributed by atoms with van der Waals surface area (Å²) in [6.45, 7) is 6.34. The van der Waals surface area contributed by atoms with Crippen molar-refractivity contribution < 1.29 is 14.3 Å². The molecule has 4 rings (SSSR count). The maximum absolute atomic E-state index is 12.5. The van der Waals surface area contributed by atoms with Gasteiger partial charge in [0.1, 0.15) is 11.9 Å². The van der Waals surface area contributed by atoms with Crippen LogP contribution in [0.3, 0.4) is 0 Å². The third kappa shape index (κ3) is 2.22. The van der Waals surface area contributed by atoms with E-state index >= 15 is 0 Å². The number of hydrogen-bond donors (Lipinski definition) is 0. The number of rotatable bonds is 1. The Bertz CT molecular complexity index is 555. The Hall–Kier alpha value is -0.860. The normalized spacial score (nSPS) is 50.6. The summed E-state index contributed by atoms with van der Waals surface area (Å²) in [4.78, 5) is 24.0. The van der Waals surface area contributed by atoms with E-state index in [0.29, 0.717) is 23.5 Å². The molecule has 4 aliphatic rings. The highest BCUT2D eigenvalue weighted by atomic mass is 16.5. The Morgan fingerprint density at radius 2 is 1.75 bits per heavy atom. The summed E-state index contributed by atoms with van der Waals surface area (Å²) < 4.78 is 5.72. The van der Waals surface area contributed by atoms with Crippen LogP contribution in [0.5, 0.6) is 0 Å². The lowest BCUT2D eigenvalue weighted by atomic mass is 9.45. The van der Waals surface area contributed by atoms with E-state index in [1.165, 1.54) is 25.7 Å². The van der Waals surface area contributed by atoms with Crippen LogP contribution >= 0.6 is 0 Å². The van der Waals surface area contributed by atoms with Crippen LogP contribution in [0.1, 0.15) is 78.6 Å².